The average Bonchev–Trinajstić information content (AvgIpc) is 2.73. The summed E-state index contributed by atoms with van der Waals surface area (Å²) in [7, 11) is 0. The van der Waals surface area contributed by atoms with Crippen molar-refractivity contribution in [2.75, 3.05) is 31.3 Å². The molecule has 0 heterocycles. The van der Waals surface area contributed by atoms with E-state index in [4.69, 9.17) is 19.5 Å². The highest BCUT2D eigenvalue weighted by Gasteiger charge is 2.17. The zero-order valence-corrected chi connectivity index (χ0v) is 15.7. The number of rotatable bonds is 10. The summed E-state index contributed by atoms with van der Waals surface area (Å²) in [6, 6.07) is 17.8. The summed E-state index contributed by atoms with van der Waals surface area (Å²) >= 11 is 0. The number of para-hydroxylation sites is 1. The van der Waals surface area contributed by atoms with Gasteiger partial charge in [-0.2, -0.15) is 5.26 Å². The summed E-state index contributed by atoms with van der Waals surface area (Å²) in [6.07, 6.45) is 0.176. The second kappa shape index (κ2) is 11.2. The maximum absolute atomic E-state index is 12.4. The molecule has 0 bridgehead atoms. The van der Waals surface area contributed by atoms with Gasteiger partial charge in [-0.3, -0.25) is 4.79 Å². The molecule has 0 aliphatic carbocycles. The maximum Gasteiger partial charge on any atom is 0.344 e. The van der Waals surface area contributed by atoms with Crippen molar-refractivity contribution in [2.45, 2.75) is 13.3 Å². The number of nitrogens with zero attached hydrogens (tertiary/aromatic N) is 2. The van der Waals surface area contributed by atoms with E-state index >= 15 is 0 Å². The van der Waals surface area contributed by atoms with Crippen molar-refractivity contribution in [2.24, 2.45) is 0 Å². The van der Waals surface area contributed by atoms with Crippen LogP contribution in [0, 0.1) is 11.3 Å². The Bertz CT molecular complexity index is 800. The molecule has 146 valence electrons. The zero-order chi connectivity index (χ0) is 20.2. The number of carbonyl (C=O) groups is 2. The lowest BCUT2D eigenvalue weighted by atomic mass is 10.2. The van der Waals surface area contributed by atoms with Crippen LogP contribution in [-0.4, -0.2) is 38.2 Å². The van der Waals surface area contributed by atoms with E-state index in [1.54, 1.807) is 48.5 Å². The highest BCUT2D eigenvalue weighted by atomic mass is 16.6. The van der Waals surface area contributed by atoms with Crippen molar-refractivity contribution in [3.05, 3.63) is 54.6 Å². The smallest absolute Gasteiger partial charge is 0.344 e. The first kappa shape index (κ1) is 20.8. The Labute approximate surface area is 164 Å². The number of amides is 1. The molecule has 0 unspecified atom stereocenters. The van der Waals surface area contributed by atoms with Crippen LogP contribution >= 0.6 is 0 Å². The fourth-order valence-corrected chi connectivity index (χ4v) is 2.37. The second-order valence-electron chi connectivity index (χ2n) is 5.64. The first-order valence-corrected chi connectivity index (χ1v) is 8.87. The molecule has 0 fully saturated rings. The van der Waals surface area contributed by atoms with Crippen molar-refractivity contribution in [3.63, 3.8) is 0 Å². The number of carbonyl (C=O) groups excluding carboxylic acids is 2. The first-order valence-electron chi connectivity index (χ1n) is 8.87. The summed E-state index contributed by atoms with van der Waals surface area (Å²) in [4.78, 5) is 25.7. The van der Waals surface area contributed by atoms with E-state index in [-0.39, 0.29) is 19.6 Å². The molecule has 2 aromatic carbocycles. The molecular weight excluding hydrogens is 360 g/mol. The molecule has 0 N–H and O–H groups in total. The third-order valence-electron chi connectivity index (χ3n) is 3.66. The van der Waals surface area contributed by atoms with Crippen LogP contribution in [0.25, 0.3) is 0 Å². The molecule has 0 aliphatic rings. The van der Waals surface area contributed by atoms with Crippen LogP contribution in [0.1, 0.15) is 13.3 Å². The Hall–Kier alpha value is -3.53. The molecule has 0 saturated heterocycles. The molecule has 0 aliphatic heterocycles. The van der Waals surface area contributed by atoms with Crippen LogP contribution in [0.2, 0.25) is 0 Å². The van der Waals surface area contributed by atoms with E-state index in [0.29, 0.717) is 23.8 Å². The Balaban J connectivity index is 1.82. The lowest BCUT2D eigenvalue weighted by molar-refractivity contribution is -0.149. The summed E-state index contributed by atoms with van der Waals surface area (Å²) < 4.78 is 15.7. The molecule has 28 heavy (non-hydrogen) atoms. The summed E-state index contributed by atoms with van der Waals surface area (Å²) in [6.45, 7) is 1.94. The van der Waals surface area contributed by atoms with E-state index in [1.807, 2.05) is 19.1 Å². The number of nitriles is 1. The Kier molecular flexibility index (Phi) is 8.34. The minimum absolute atomic E-state index is 0.176. The Morgan fingerprint density at radius 3 is 2.21 bits per heavy atom. The molecule has 0 aromatic heterocycles. The third-order valence-corrected chi connectivity index (χ3v) is 3.66. The van der Waals surface area contributed by atoms with Crippen LogP contribution in [0.4, 0.5) is 5.69 Å². The van der Waals surface area contributed by atoms with Crippen LogP contribution in [0.3, 0.4) is 0 Å². The molecule has 0 radical (unpaired) electrons. The molecular formula is C21H22N2O5. The number of benzene rings is 2. The zero-order valence-electron chi connectivity index (χ0n) is 15.7. The van der Waals surface area contributed by atoms with Crippen molar-refractivity contribution in [3.8, 4) is 17.6 Å². The van der Waals surface area contributed by atoms with E-state index in [9.17, 15) is 9.59 Å². The predicted octanol–water partition coefficient (Wildman–Crippen LogP) is 2.95. The molecule has 0 atom stereocenters. The SMILES string of the molecule is CCOc1ccc(OCC(=O)OCC(=O)N(CCC#N)c2ccccc2)cc1. The molecule has 7 heteroatoms. The molecule has 2 aromatic rings. The number of anilines is 1. The van der Waals surface area contributed by atoms with Gasteiger partial charge in [-0.1, -0.05) is 18.2 Å². The fourth-order valence-electron chi connectivity index (χ4n) is 2.37. The van der Waals surface area contributed by atoms with E-state index in [2.05, 4.69) is 0 Å². The van der Waals surface area contributed by atoms with E-state index in [0.717, 1.165) is 0 Å². The third kappa shape index (κ3) is 6.65. The van der Waals surface area contributed by atoms with Crippen LogP contribution in [0.15, 0.2) is 54.6 Å². The van der Waals surface area contributed by atoms with Gasteiger partial charge in [0.2, 0.25) is 0 Å². The van der Waals surface area contributed by atoms with Gasteiger partial charge in [0, 0.05) is 12.2 Å². The van der Waals surface area contributed by atoms with Crippen LogP contribution in [-0.2, 0) is 14.3 Å². The maximum atomic E-state index is 12.4. The number of hydrogen-bond donors (Lipinski definition) is 0. The highest BCUT2D eigenvalue weighted by molar-refractivity contribution is 5.95. The normalized spacial score (nSPS) is 9.86. The quantitative estimate of drug-likeness (QED) is 0.587. The van der Waals surface area contributed by atoms with Crippen molar-refractivity contribution in [1.82, 2.24) is 0 Å². The minimum atomic E-state index is -0.657. The van der Waals surface area contributed by atoms with Crippen LogP contribution in [0.5, 0.6) is 11.5 Å². The van der Waals surface area contributed by atoms with Crippen molar-refractivity contribution in [1.29, 1.82) is 5.26 Å². The highest BCUT2D eigenvalue weighted by Crippen LogP contribution is 2.17. The minimum Gasteiger partial charge on any atom is -0.494 e. The number of ether oxygens (including phenoxy) is 3. The molecule has 1 amide bonds. The largest absolute Gasteiger partial charge is 0.494 e. The second-order valence-corrected chi connectivity index (χ2v) is 5.64. The van der Waals surface area contributed by atoms with Crippen molar-refractivity contribution >= 4 is 17.6 Å². The van der Waals surface area contributed by atoms with E-state index < -0.39 is 18.5 Å². The lowest BCUT2D eigenvalue weighted by Gasteiger charge is -2.21. The molecule has 0 spiro atoms. The number of esters is 1. The van der Waals surface area contributed by atoms with Crippen LogP contribution < -0.4 is 14.4 Å². The van der Waals surface area contributed by atoms with Gasteiger partial charge >= 0.3 is 5.97 Å². The molecule has 7 nitrogen and oxygen atoms in total. The van der Waals surface area contributed by atoms with Gasteiger partial charge in [0.1, 0.15) is 11.5 Å². The summed E-state index contributed by atoms with van der Waals surface area (Å²) in [5.41, 5.74) is 0.643. The summed E-state index contributed by atoms with van der Waals surface area (Å²) in [5.74, 6) is 0.138. The summed E-state index contributed by atoms with van der Waals surface area (Å²) in [5, 5.41) is 8.79. The topological polar surface area (TPSA) is 88.9 Å². The fraction of sp³-hybridized carbons (Fsp3) is 0.286. The van der Waals surface area contributed by atoms with Gasteiger partial charge in [-0.05, 0) is 43.3 Å². The van der Waals surface area contributed by atoms with Gasteiger partial charge in [-0.15, -0.1) is 0 Å². The van der Waals surface area contributed by atoms with Gasteiger partial charge in [0.25, 0.3) is 5.91 Å². The predicted molar refractivity (Wildman–Crippen MR) is 103 cm³/mol. The Morgan fingerprint density at radius 1 is 0.964 bits per heavy atom. The molecule has 2 rings (SSSR count). The van der Waals surface area contributed by atoms with Gasteiger partial charge < -0.3 is 19.1 Å². The Morgan fingerprint density at radius 2 is 1.61 bits per heavy atom. The molecule has 0 saturated carbocycles. The lowest BCUT2D eigenvalue weighted by Crippen LogP contribution is -2.36. The van der Waals surface area contributed by atoms with E-state index in [1.165, 1.54) is 4.90 Å². The standard InChI is InChI=1S/C21H22N2O5/c1-2-26-18-9-11-19(12-10-18)27-16-21(25)28-15-20(24)23(14-6-13-22)17-7-4-3-5-8-17/h3-5,7-12H,2,6,14-16H2,1H3. The van der Waals surface area contributed by atoms with Gasteiger partial charge in [0.05, 0.1) is 19.1 Å². The van der Waals surface area contributed by atoms with Gasteiger partial charge in [-0.25, -0.2) is 4.79 Å². The van der Waals surface area contributed by atoms with Crippen molar-refractivity contribution < 1.29 is 23.8 Å². The van der Waals surface area contributed by atoms with Gasteiger partial charge in [0.15, 0.2) is 13.2 Å². The monoisotopic (exact) mass is 382 g/mol. The first-order chi connectivity index (χ1) is 13.6. The average molecular weight is 382 g/mol. The number of hydrogen-bond acceptors (Lipinski definition) is 6.